The van der Waals surface area contributed by atoms with E-state index in [0.29, 0.717) is 13.0 Å². The molecule has 0 bridgehead atoms. The van der Waals surface area contributed by atoms with Gasteiger partial charge in [-0.3, -0.25) is 4.68 Å². The number of nitrogens with two attached hydrogens (primary N) is 1. The average molecular weight is 295 g/mol. The third-order valence-electron chi connectivity index (χ3n) is 2.75. The van der Waals surface area contributed by atoms with E-state index in [1.165, 1.54) is 12.3 Å². The fraction of sp³-hybridized carbons (Fsp3) is 0.333. The molecule has 0 aliphatic carbocycles. The number of hydrogen-bond donors (Lipinski definition) is 2. The van der Waals surface area contributed by atoms with Crippen LogP contribution in [-0.4, -0.2) is 29.7 Å². The molecule has 0 aliphatic rings. The number of pyridine rings is 1. The summed E-state index contributed by atoms with van der Waals surface area (Å²) in [5.74, 6) is 0. The number of aryl methyl sites for hydroxylation is 1. The molecular formula is C12H17N5O2S. The van der Waals surface area contributed by atoms with Gasteiger partial charge in [-0.2, -0.15) is 5.10 Å². The van der Waals surface area contributed by atoms with Gasteiger partial charge in [0.15, 0.2) is 5.03 Å². The summed E-state index contributed by atoms with van der Waals surface area (Å²) in [6.07, 6.45) is 3.81. The highest BCUT2D eigenvalue weighted by Crippen LogP contribution is 2.06. The van der Waals surface area contributed by atoms with Crippen molar-refractivity contribution < 1.29 is 8.42 Å². The van der Waals surface area contributed by atoms with Gasteiger partial charge in [0.25, 0.3) is 10.0 Å². The van der Waals surface area contributed by atoms with E-state index in [0.717, 1.165) is 11.3 Å². The Labute approximate surface area is 117 Å². The van der Waals surface area contributed by atoms with Gasteiger partial charge < -0.3 is 5.73 Å². The standard InChI is InChI=1S/C12H17N5O2S/c1-17-7-5-11(16-17)4-6-15-20(18,19)12-3-2-10(8-13)9-14-12/h2-3,5,7,9,15H,4,6,8,13H2,1H3. The van der Waals surface area contributed by atoms with Crippen LogP contribution in [0, 0.1) is 0 Å². The van der Waals surface area contributed by atoms with E-state index in [9.17, 15) is 8.42 Å². The molecule has 0 saturated heterocycles. The normalized spacial score (nSPS) is 11.7. The SMILES string of the molecule is Cn1ccc(CCNS(=O)(=O)c2ccc(CN)cn2)n1. The lowest BCUT2D eigenvalue weighted by atomic mass is 10.3. The highest BCUT2D eigenvalue weighted by atomic mass is 32.2. The van der Waals surface area contributed by atoms with Gasteiger partial charge in [0.1, 0.15) is 0 Å². The molecule has 2 rings (SSSR count). The van der Waals surface area contributed by atoms with Crippen molar-refractivity contribution in [1.82, 2.24) is 19.5 Å². The topological polar surface area (TPSA) is 103 Å². The van der Waals surface area contributed by atoms with Gasteiger partial charge in [0, 0.05) is 39.0 Å². The Morgan fingerprint density at radius 1 is 1.35 bits per heavy atom. The van der Waals surface area contributed by atoms with Crippen molar-refractivity contribution >= 4 is 10.0 Å². The van der Waals surface area contributed by atoms with Crippen LogP contribution >= 0.6 is 0 Å². The molecule has 0 saturated carbocycles. The Hall–Kier alpha value is -1.77. The van der Waals surface area contributed by atoms with Crippen LogP contribution in [0.5, 0.6) is 0 Å². The Morgan fingerprint density at radius 3 is 2.70 bits per heavy atom. The van der Waals surface area contributed by atoms with Crippen molar-refractivity contribution in [3.8, 4) is 0 Å². The molecule has 8 heteroatoms. The van der Waals surface area contributed by atoms with Crippen LogP contribution in [0.15, 0.2) is 35.6 Å². The largest absolute Gasteiger partial charge is 0.326 e. The molecule has 20 heavy (non-hydrogen) atoms. The molecule has 0 unspecified atom stereocenters. The van der Waals surface area contributed by atoms with Crippen LogP contribution in [0.3, 0.4) is 0 Å². The molecule has 2 aromatic heterocycles. The summed E-state index contributed by atoms with van der Waals surface area (Å²) in [4.78, 5) is 3.90. The van der Waals surface area contributed by atoms with Crippen LogP contribution in [0.1, 0.15) is 11.3 Å². The van der Waals surface area contributed by atoms with E-state index in [2.05, 4.69) is 14.8 Å². The Morgan fingerprint density at radius 2 is 2.15 bits per heavy atom. The van der Waals surface area contributed by atoms with Crippen molar-refractivity contribution in [2.75, 3.05) is 6.54 Å². The first-order valence-electron chi connectivity index (χ1n) is 6.14. The van der Waals surface area contributed by atoms with Crippen molar-refractivity contribution in [2.45, 2.75) is 18.0 Å². The van der Waals surface area contributed by atoms with E-state index in [1.54, 1.807) is 10.7 Å². The van der Waals surface area contributed by atoms with Gasteiger partial charge in [-0.25, -0.2) is 18.1 Å². The molecular weight excluding hydrogens is 278 g/mol. The Kier molecular flexibility index (Phi) is 4.48. The predicted octanol–water partition coefficient (Wildman–Crippen LogP) is -0.205. The number of nitrogens with one attached hydrogen (secondary N) is 1. The lowest BCUT2D eigenvalue weighted by Crippen LogP contribution is -2.27. The summed E-state index contributed by atoms with van der Waals surface area (Å²) in [5.41, 5.74) is 7.07. The number of aromatic nitrogens is 3. The number of hydrogen-bond acceptors (Lipinski definition) is 5. The fourth-order valence-electron chi connectivity index (χ4n) is 1.67. The molecule has 0 amide bonds. The first kappa shape index (κ1) is 14.6. The molecule has 0 atom stereocenters. The summed E-state index contributed by atoms with van der Waals surface area (Å²) in [7, 11) is -1.77. The number of nitrogens with zero attached hydrogens (tertiary/aromatic N) is 3. The van der Waals surface area contributed by atoms with E-state index >= 15 is 0 Å². The van der Waals surface area contributed by atoms with E-state index in [1.807, 2.05) is 19.3 Å². The van der Waals surface area contributed by atoms with Gasteiger partial charge in [0.2, 0.25) is 0 Å². The monoisotopic (exact) mass is 295 g/mol. The molecule has 7 nitrogen and oxygen atoms in total. The average Bonchev–Trinajstić information content (AvgIpc) is 2.84. The molecule has 0 spiro atoms. The third-order valence-corrected chi connectivity index (χ3v) is 4.13. The van der Waals surface area contributed by atoms with Crippen molar-refractivity contribution in [3.05, 3.63) is 41.9 Å². The van der Waals surface area contributed by atoms with Crippen molar-refractivity contribution in [1.29, 1.82) is 0 Å². The van der Waals surface area contributed by atoms with Crippen LogP contribution in [0.25, 0.3) is 0 Å². The molecule has 0 radical (unpaired) electrons. The Balaban J connectivity index is 1.96. The lowest BCUT2D eigenvalue weighted by molar-refractivity contribution is 0.577. The van der Waals surface area contributed by atoms with Gasteiger partial charge >= 0.3 is 0 Å². The van der Waals surface area contributed by atoms with Crippen molar-refractivity contribution in [2.24, 2.45) is 12.8 Å². The van der Waals surface area contributed by atoms with Crippen LogP contribution in [-0.2, 0) is 30.0 Å². The van der Waals surface area contributed by atoms with Crippen molar-refractivity contribution in [3.63, 3.8) is 0 Å². The van der Waals surface area contributed by atoms with E-state index in [4.69, 9.17) is 5.73 Å². The minimum absolute atomic E-state index is 0.00396. The highest BCUT2D eigenvalue weighted by Gasteiger charge is 2.14. The predicted molar refractivity (Wildman–Crippen MR) is 74.2 cm³/mol. The van der Waals surface area contributed by atoms with Gasteiger partial charge in [-0.1, -0.05) is 6.07 Å². The quantitative estimate of drug-likeness (QED) is 0.768. The molecule has 2 aromatic rings. The second kappa shape index (κ2) is 6.12. The van der Waals surface area contributed by atoms with E-state index < -0.39 is 10.0 Å². The molecule has 3 N–H and O–H groups in total. The third kappa shape index (κ3) is 3.62. The fourth-order valence-corrected chi connectivity index (χ4v) is 2.63. The summed E-state index contributed by atoms with van der Waals surface area (Å²) >= 11 is 0. The maximum Gasteiger partial charge on any atom is 0.258 e. The van der Waals surface area contributed by atoms with Gasteiger partial charge in [0.05, 0.1) is 5.69 Å². The zero-order valence-corrected chi connectivity index (χ0v) is 12.0. The minimum Gasteiger partial charge on any atom is -0.326 e. The number of rotatable bonds is 6. The molecule has 0 fully saturated rings. The van der Waals surface area contributed by atoms with Crippen LogP contribution in [0.2, 0.25) is 0 Å². The van der Waals surface area contributed by atoms with Gasteiger partial charge in [-0.15, -0.1) is 0 Å². The second-order valence-corrected chi connectivity index (χ2v) is 6.05. The van der Waals surface area contributed by atoms with Gasteiger partial charge in [-0.05, 0) is 17.7 Å². The summed E-state index contributed by atoms with van der Waals surface area (Å²) in [6.45, 7) is 0.611. The first-order valence-corrected chi connectivity index (χ1v) is 7.63. The maximum atomic E-state index is 12.0. The summed E-state index contributed by atoms with van der Waals surface area (Å²) in [5, 5.41) is 4.17. The molecule has 108 valence electrons. The first-order chi connectivity index (χ1) is 9.51. The molecule has 0 aliphatic heterocycles. The Bertz CT molecular complexity index is 663. The number of sulfonamides is 1. The van der Waals surface area contributed by atoms with Crippen LogP contribution < -0.4 is 10.5 Å². The highest BCUT2D eigenvalue weighted by molar-refractivity contribution is 7.89. The second-order valence-electron chi connectivity index (χ2n) is 4.34. The van der Waals surface area contributed by atoms with Crippen LogP contribution in [0.4, 0.5) is 0 Å². The zero-order valence-electron chi connectivity index (χ0n) is 11.2. The zero-order chi connectivity index (χ0) is 14.6. The summed E-state index contributed by atoms with van der Waals surface area (Å²) < 4.78 is 28.2. The summed E-state index contributed by atoms with van der Waals surface area (Å²) in [6, 6.07) is 4.95. The maximum absolute atomic E-state index is 12.0. The minimum atomic E-state index is -3.59. The molecule has 0 aromatic carbocycles. The lowest BCUT2D eigenvalue weighted by Gasteiger charge is -2.05. The smallest absolute Gasteiger partial charge is 0.258 e. The van der Waals surface area contributed by atoms with E-state index in [-0.39, 0.29) is 11.6 Å². The molecule has 2 heterocycles.